The fourth-order valence-corrected chi connectivity index (χ4v) is 1.24. The van der Waals surface area contributed by atoms with E-state index in [0.29, 0.717) is 6.42 Å². The average Bonchev–Trinajstić information content (AvgIpc) is 2.20. The van der Waals surface area contributed by atoms with Crippen molar-refractivity contribution in [2.45, 2.75) is 46.2 Å². The maximum absolute atomic E-state index is 11.6. The molecule has 96 valence electrons. The largest absolute Gasteiger partial charge is 0.480 e. The van der Waals surface area contributed by atoms with Gasteiger partial charge in [0.15, 0.2) is 0 Å². The number of carbonyl (C=O) groups excluding carboxylic acids is 1. The molecule has 0 bridgehead atoms. The van der Waals surface area contributed by atoms with Crippen LogP contribution in [0.4, 0.5) is 4.79 Å². The second-order valence-corrected chi connectivity index (χ2v) is 4.88. The van der Waals surface area contributed by atoms with Crippen molar-refractivity contribution in [3.63, 3.8) is 0 Å². The van der Waals surface area contributed by atoms with Crippen LogP contribution in [0.5, 0.6) is 0 Å². The Bertz CT molecular complexity index is 326. The van der Waals surface area contributed by atoms with Crippen LogP contribution < -0.4 is 10.6 Å². The van der Waals surface area contributed by atoms with E-state index in [1.54, 1.807) is 20.8 Å². The molecular weight excluding hydrogens is 220 g/mol. The summed E-state index contributed by atoms with van der Waals surface area (Å²) in [6.07, 6.45) is 5.79. The minimum Gasteiger partial charge on any atom is -0.480 e. The summed E-state index contributed by atoms with van der Waals surface area (Å²) in [6.45, 7) is 7.06. The van der Waals surface area contributed by atoms with E-state index >= 15 is 0 Å². The Labute approximate surface area is 102 Å². The molecule has 2 atom stereocenters. The Morgan fingerprint density at radius 2 is 1.88 bits per heavy atom. The van der Waals surface area contributed by atoms with Crippen molar-refractivity contribution >= 4 is 12.0 Å². The number of hydrogen-bond donors (Lipinski definition) is 3. The Hall–Kier alpha value is -1.70. The van der Waals surface area contributed by atoms with Gasteiger partial charge < -0.3 is 15.7 Å². The van der Waals surface area contributed by atoms with Crippen molar-refractivity contribution in [3.8, 4) is 12.3 Å². The van der Waals surface area contributed by atoms with Gasteiger partial charge in [0.1, 0.15) is 6.04 Å². The monoisotopic (exact) mass is 240 g/mol. The van der Waals surface area contributed by atoms with Crippen molar-refractivity contribution in [1.29, 1.82) is 0 Å². The zero-order valence-corrected chi connectivity index (χ0v) is 10.7. The molecule has 0 aromatic carbocycles. The number of amides is 2. The molecule has 0 fully saturated rings. The van der Waals surface area contributed by atoms with E-state index < -0.39 is 23.5 Å². The highest BCUT2D eigenvalue weighted by Crippen LogP contribution is 2.19. The van der Waals surface area contributed by atoms with Crippen molar-refractivity contribution in [2.75, 3.05) is 0 Å². The van der Waals surface area contributed by atoms with E-state index in [0.717, 1.165) is 0 Å². The summed E-state index contributed by atoms with van der Waals surface area (Å²) in [5.74, 6) is 1.34. The molecule has 0 aliphatic heterocycles. The predicted molar refractivity (Wildman–Crippen MR) is 65.5 cm³/mol. The lowest BCUT2D eigenvalue weighted by Gasteiger charge is -2.28. The van der Waals surface area contributed by atoms with E-state index in [2.05, 4.69) is 16.6 Å². The molecule has 0 rings (SSSR count). The molecule has 0 aliphatic rings. The Balaban J connectivity index is 4.54. The maximum Gasteiger partial charge on any atom is 0.326 e. The van der Waals surface area contributed by atoms with Crippen molar-refractivity contribution in [2.24, 2.45) is 5.41 Å². The number of aliphatic carboxylic acids is 1. The third kappa shape index (κ3) is 5.25. The molecule has 0 aromatic heterocycles. The first-order valence-electron chi connectivity index (χ1n) is 5.48. The zero-order valence-electron chi connectivity index (χ0n) is 10.7. The lowest BCUT2D eigenvalue weighted by molar-refractivity contribution is -0.141. The van der Waals surface area contributed by atoms with Crippen LogP contribution in [-0.4, -0.2) is 29.2 Å². The van der Waals surface area contributed by atoms with Gasteiger partial charge in [0.05, 0.1) is 6.04 Å². The van der Waals surface area contributed by atoms with Crippen LogP contribution in [-0.2, 0) is 4.79 Å². The summed E-state index contributed by atoms with van der Waals surface area (Å²) >= 11 is 0. The molecule has 0 saturated heterocycles. The van der Waals surface area contributed by atoms with Gasteiger partial charge >= 0.3 is 12.0 Å². The number of nitrogens with one attached hydrogen (secondary N) is 2. The van der Waals surface area contributed by atoms with Gasteiger partial charge in [-0.1, -0.05) is 33.6 Å². The predicted octanol–water partition coefficient (Wildman–Crippen LogP) is 1.20. The third-order valence-electron chi connectivity index (χ3n) is 2.30. The Morgan fingerprint density at radius 3 is 2.18 bits per heavy atom. The quantitative estimate of drug-likeness (QED) is 0.646. The van der Waals surface area contributed by atoms with Crippen LogP contribution in [0.1, 0.15) is 34.1 Å². The molecular formula is C12H20N2O3. The third-order valence-corrected chi connectivity index (χ3v) is 2.30. The van der Waals surface area contributed by atoms with Crippen LogP contribution in [0, 0.1) is 17.8 Å². The molecule has 0 spiro atoms. The number of carbonyl (C=O) groups is 2. The number of rotatable bonds is 4. The van der Waals surface area contributed by atoms with Crippen LogP contribution in [0.2, 0.25) is 0 Å². The number of carboxylic acids is 1. The molecule has 0 aromatic rings. The first-order valence-corrected chi connectivity index (χ1v) is 5.48. The van der Waals surface area contributed by atoms with Crippen molar-refractivity contribution in [1.82, 2.24) is 10.6 Å². The highest BCUT2D eigenvalue weighted by Gasteiger charge is 2.32. The van der Waals surface area contributed by atoms with E-state index in [4.69, 9.17) is 11.5 Å². The molecule has 5 heteroatoms. The SMILES string of the molecule is C#CC(CC)NC(=O)N[C@@H](C(=O)O)C(C)(C)C. The summed E-state index contributed by atoms with van der Waals surface area (Å²) in [6, 6.07) is -1.90. The molecule has 1 unspecified atom stereocenters. The second kappa shape index (κ2) is 6.14. The molecule has 3 N–H and O–H groups in total. The number of terminal acetylenes is 1. The Morgan fingerprint density at radius 1 is 1.35 bits per heavy atom. The standard InChI is InChI=1S/C12H20N2O3/c1-6-8(7-2)13-11(17)14-9(10(15)16)12(3,4)5/h1,8-9H,7H2,2-5H3,(H,15,16)(H2,13,14,17)/t8?,9-/m0/s1. The molecule has 17 heavy (non-hydrogen) atoms. The molecule has 0 saturated carbocycles. The summed E-state index contributed by atoms with van der Waals surface area (Å²) < 4.78 is 0. The second-order valence-electron chi connectivity index (χ2n) is 4.88. The molecule has 2 amide bonds. The lowest BCUT2D eigenvalue weighted by atomic mass is 9.87. The van der Waals surface area contributed by atoms with E-state index in [9.17, 15) is 9.59 Å². The lowest BCUT2D eigenvalue weighted by Crippen LogP contribution is -2.53. The van der Waals surface area contributed by atoms with Gasteiger partial charge in [-0.3, -0.25) is 0 Å². The van der Waals surface area contributed by atoms with Gasteiger partial charge in [0.25, 0.3) is 0 Å². The van der Waals surface area contributed by atoms with Crippen LogP contribution in [0.25, 0.3) is 0 Å². The van der Waals surface area contributed by atoms with Crippen molar-refractivity contribution in [3.05, 3.63) is 0 Å². The van der Waals surface area contributed by atoms with Crippen LogP contribution in [0.3, 0.4) is 0 Å². The van der Waals surface area contributed by atoms with Crippen LogP contribution in [0.15, 0.2) is 0 Å². The first-order chi connectivity index (χ1) is 7.72. The van der Waals surface area contributed by atoms with Gasteiger partial charge in [-0.05, 0) is 11.8 Å². The number of hydrogen-bond acceptors (Lipinski definition) is 2. The molecule has 0 heterocycles. The summed E-state index contributed by atoms with van der Waals surface area (Å²) in [4.78, 5) is 22.6. The summed E-state index contributed by atoms with van der Waals surface area (Å²) in [5, 5.41) is 14.0. The number of carboxylic acid groups (broad SMARTS) is 1. The fourth-order valence-electron chi connectivity index (χ4n) is 1.24. The Kier molecular flexibility index (Phi) is 5.52. The van der Waals surface area contributed by atoms with Gasteiger partial charge in [-0.25, -0.2) is 9.59 Å². The smallest absolute Gasteiger partial charge is 0.326 e. The normalized spacial score (nSPS) is 14.3. The molecule has 5 nitrogen and oxygen atoms in total. The molecule has 0 aliphatic carbocycles. The fraction of sp³-hybridized carbons (Fsp3) is 0.667. The van der Waals surface area contributed by atoms with Gasteiger partial charge in [-0.2, -0.15) is 0 Å². The van der Waals surface area contributed by atoms with E-state index in [-0.39, 0.29) is 6.04 Å². The highest BCUT2D eigenvalue weighted by atomic mass is 16.4. The summed E-state index contributed by atoms with van der Waals surface area (Å²) in [5.41, 5.74) is -0.568. The average molecular weight is 240 g/mol. The topological polar surface area (TPSA) is 78.4 Å². The maximum atomic E-state index is 11.6. The minimum absolute atomic E-state index is 0.385. The van der Waals surface area contributed by atoms with Gasteiger partial charge in [0, 0.05) is 0 Å². The first kappa shape index (κ1) is 15.3. The van der Waals surface area contributed by atoms with E-state index in [1.807, 2.05) is 6.92 Å². The van der Waals surface area contributed by atoms with Gasteiger partial charge in [0.2, 0.25) is 0 Å². The van der Waals surface area contributed by atoms with Crippen molar-refractivity contribution < 1.29 is 14.7 Å². The van der Waals surface area contributed by atoms with Crippen LogP contribution >= 0.6 is 0 Å². The highest BCUT2D eigenvalue weighted by molar-refractivity contribution is 5.83. The summed E-state index contributed by atoms with van der Waals surface area (Å²) in [7, 11) is 0. The van der Waals surface area contributed by atoms with E-state index in [1.165, 1.54) is 0 Å². The zero-order chi connectivity index (χ0) is 13.6. The number of urea groups is 1. The minimum atomic E-state index is -1.07. The van der Waals surface area contributed by atoms with Gasteiger partial charge in [-0.15, -0.1) is 6.42 Å². The molecule has 0 radical (unpaired) electrons.